The Bertz CT molecular complexity index is 948. The third-order valence-corrected chi connectivity index (χ3v) is 4.83. The lowest BCUT2D eigenvalue weighted by Crippen LogP contribution is -2.27. The molecule has 3 aromatic rings. The summed E-state index contributed by atoms with van der Waals surface area (Å²) in [5.41, 5.74) is -3.40. The van der Waals surface area contributed by atoms with Crippen molar-refractivity contribution in [3.8, 4) is 0 Å². The topological polar surface area (TPSA) is 55.4 Å². The summed E-state index contributed by atoms with van der Waals surface area (Å²) in [7, 11) is -5.70. The van der Waals surface area contributed by atoms with Gasteiger partial charge in [-0.3, -0.25) is 0 Å². The van der Waals surface area contributed by atoms with Crippen molar-refractivity contribution in [2.75, 3.05) is 5.48 Å². The number of alkyl halides is 3. The van der Waals surface area contributed by atoms with Crippen LogP contribution in [-0.4, -0.2) is 13.9 Å². The van der Waals surface area contributed by atoms with Crippen molar-refractivity contribution in [3.63, 3.8) is 0 Å². The van der Waals surface area contributed by atoms with Crippen LogP contribution < -0.4 is 5.48 Å². The third kappa shape index (κ3) is 2.51. The SMILES string of the molecule is O=S(=O)(ONc1csc2ccc3ccccc3c12)C(F)(F)F. The second kappa shape index (κ2) is 5.11. The van der Waals surface area contributed by atoms with Crippen LogP contribution in [0.2, 0.25) is 0 Å². The van der Waals surface area contributed by atoms with Crippen molar-refractivity contribution in [1.29, 1.82) is 0 Å². The van der Waals surface area contributed by atoms with Crippen molar-refractivity contribution < 1.29 is 25.9 Å². The third-order valence-electron chi connectivity index (χ3n) is 3.01. The number of thiophene rings is 1. The molecule has 0 aliphatic rings. The number of halogens is 3. The van der Waals surface area contributed by atoms with Crippen molar-refractivity contribution in [3.05, 3.63) is 41.8 Å². The summed E-state index contributed by atoms with van der Waals surface area (Å²) >= 11 is 1.27. The minimum absolute atomic E-state index is 0.171. The predicted molar refractivity (Wildman–Crippen MR) is 79.0 cm³/mol. The number of benzene rings is 2. The average Bonchev–Trinajstić information content (AvgIpc) is 2.87. The molecule has 0 aliphatic heterocycles. The van der Waals surface area contributed by atoms with Gasteiger partial charge < -0.3 is 0 Å². The molecule has 3 rings (SSSR count). The van der Waals surface area contributed by atoms with Gasteiger partial charge in [0.2, 0.25) is 0 Å². The molecular weight excluding hydrogens is 339 g/mol. The van der Waals surface area contributed by atoms with Gasteiger partial charge in [0.05, 0.1) is 5.69 Å². The van der Waals surface area contributed by atoms with Gasteiger partial charge in [0, 0.05) is 15.5 Å². The Balaban J connectivity index is 2.04. The molecule has 0 unspecified atom stereocenters. The lowest BCUT2D eigenvalue weighted by Gasteiger charge is -2.09. The zero-order valence-corrected chi connectivity index (χ0v) is 12.3. The molecule has 1 heterocycles. The summed E-state index contributed by atoms with van der Waals surface area (Å²) in [6.07, 6.45) is 0. The Morgan fingerprint density at radius 1 is 1.09 bits per heavy atom. The zero-order chi connectivity index (χ0) is 16.0. The molecule has 9 heteroatoms. The standard InChI is InChI=1S/C13H8F3NO3S2/c14-13(15,16)22(18,19)20-17-10-7-21-11-6-5-8-3-1-2-4-9(8)12(10)11/h1-7,17H. The molecule has 0 spiro atoms. The summed E-state index contributed by atoms with van der Waals surface area (Å²) < 4.78 is 63.4. The van der Waals surface area contributed by atoms with Crippen LogP contribution in [0.3, 0.4) is 0 Å². The maximum Gasteiger partial charge on any atom is 0.525 e. The Labute approximate surface area is 127 Å². The van der Waals surface area contributed by atoms with E-state index >= 15 is 0 Å². The van der Waals surface area contributed by atoms with E-state index in [1.807, 2.05) is 29.7 Å². The van der Waals surface area contributed by atoms with Gasteiger partial charge in [-0.1, -0.05) is 30.3 Å². The first-order valence-electron chi connectivity index (χ1n) is 5.94. The van der Waals surface area contributed by atoms with E-state index in [0.29, 0.717) is 5.39 Å². The van der Waals surface area contributed by atoms with Gasteiger partial charge >= 0.3 is 15.6 Å². The highest BCUT2D eigenvalue weighted by Gasteiger charge is 2.48. The number of hydrogen-bond acceptors (Lipinski definition) is 5. The second-order valence-corrected chi connectivity index (χ2v) is 6.84. The van der Waals surface area contributed by atoms with E-state index in [1.165, 1.54) is 16.7 Å². The number of fused-ring (bicyclic) bond motifs is 3. The molecule has 0 amide bonds. The highest BCUT2D eigenvalue weighted by atomic mass is 32.2. The monoisotopic (exact) mass is 347 g/mol. The Morgan fingerprint density at radius 2 is 1.82 bits per heavy atom. The largest absolute Gasteiger partial charge is 0.525 e. The van der Waals surface area contributed by atoms with E-state index in [0.717, 1.165) is 15.5 Å². The highest BCUT2D eigenvalue weighted by molar-refractivity contribution is 7.87. The number of hydrogen-bond donors (Lipinski definition) is 1. The summed E-state index contributed by atoms with van der Waals surface area (Å²) in [5, 5.41) is 3.79. The van der Waals surface area contributed by atoms with Crippen molar-refractivity contribution in [2.45, 2.75) is 5.51 Å². The maximum absolute atomic E-state index is 12.3. The van der Waals surface area contributed by atoms with Crippen molar-refractivity contribution in [2.24, 2.45) is 0 Å². The molecule has 116 valence electrons. The molecule has 2 aromatic carbocycles. The Kier molecular flexibility index (Phi) is 3.50. The molecule has 1 N–H and O–H groups in total. The summed E-state index contributed by atoms with van der Waals surface area (Å²) in [5.74, 6) is 0. The number of nitrogens with one attached hydrogen (secondary N) is 1. The van der Waals surface area contributed by atoms with E-state index in [9.17, 15) is 21.6 Å². The maximum atomic E-state index is 12.3. The van der Waals surface area contributed by atoms with Crippen LogP contribution in [0.1, 0.15) is 0 Å². The van der Waals surface area contributed by atoms with E-state index in [-0.39, 0.29) is 5.69 Å². The second-order valence-electron chi connectivity index (χ2n) is 4.39. The van der Waals surface area contributed by atoms with E-state index in [2.05, 4.69) is 4.28 Å². The fourth-order valence-corrected chi connectivity index (χ4v) is 3.22. The molecule has 0 atom stereocenters. The van der Waals surface area contributed by atoms with Crippen LogP contribution in [0.15, 0.2) is 41.8 Å². The smallest absolute Gasteiger partial charge is 0.248 e. The lowest BCUT2D eigenvalue weighted by molar-refractivity contribution is -0.0526. The van der Waals surface area contributed by atoms with Gasteiger partial charge in [0.1, 0.15) is 0 Å². The van der Waals surface area contributed by atoms with E-state index < -0.39 is 15.6 Å². The van der Waals surface area contributed by atoms with Crippen molar-refractivity contribution in [1.82, 2.24) is 0 Å². The summed E-state index contributed by atoms with van der Waals surface area (Å²) in [6, 6.07) is 11.0. The van der Waals surface area contributed by atoms with Gasteiger partial charge in [-0.05, 0) is 16.8 Å². The first-order valence-corrected chi connectivity index (χ1v) is 8.23. The average molecular weight is 347 g/mol. The summed E-state index contributed by atoms with van der Waals surface area (Å²) in [6.45, 7) is 0. The molecule has 1 aromatic heterocycles. The quantitative estimate of drug-likeness (QED) is 0.568. The van der Waals surface area contributed by atoms with Crippen LogP contribution in [0.5, 0.6) is 0 Å². The molecule has 0 aliphatic carbocycles. The minimum Gasteiger partial charge on any atom is -0.248 e. The Hall–Kier alpha value is -1.84. The van der Waals surface area contributed by atoms with Crippen molar-refractivity contribution >= 4 is 48.0 Å². The highest BCUT2D eigenvalue weighted by Crippen LogP contribution is 2.36. The lowest BCUT2D eigenvalue weighted by atomic mass is 10.1. The molecule has 0 bridgehead atoms. The number of anilines is 1. The van der Waals surface area contributed by atoms with Gasteiger partial charge in [-0.25, -0.2) is 5.48 Å². The van der Waals surface area contributed by atoms with Gasteiger partial charge in [-0.15, -0.1) is 15.6 Å². The van der Waals surface area contributed by atoms with Crippen LogP contribution in [-0.2, 0) is 14.4 Å². The normalized spacial score (nSPS) is 12.9. The first-order chi connectivity index (χ1) is 10.3. The van der Waals surface area contributed by atoms with Crippen LogP contribution >= 0.6 is 11.3 Å². The number of rotatable bonds is 3. The molecule has 4 nitrogen and oxygen atoms in total. The van der Waals surface area contributed by atoms with Crippen LogP contribution in [0.4, 0.5) is 18.9 Å². The molecule has 0 saturated carbocycles. The summed E-state index contributed by atoms with van der Waals surface area (Å²) in [4.78, 5) is 0. The molecule has 0 radical (unpaired) electrons. The molecule has 0 saturated heterocycles. The Morgan fingerprint density at radius 3 is 2.55 bits per heavy atom. The molecular formula is C13H8F3NO3S2. The first kappa shape index (κ1) is 15.1. The van der Waals surface area contributed by atoms with E-state index in [4.69, 9.17) is 0 Å². The minimum atomic E-state index is -5.70. The van der Waals surface area contributed by atoms with Crippen LogP contribution in [0.25, 0.3) is 20.9 Å². The predicted octanol–water partition coefficient (Wildman–Crippen LogP) is 4.25. The van der Waals surface area contributed by atoms with Gasteiger partial charge in [0.15, 0.2) is 0 Å². The fraction of sp³-hybridized carbons (Fsp3) is 0.0769. The zero-order valence-electron chi connectivity index (χ0n) is 10.7. The van der Waals surface area contributed by atoms with E-state index in [1.54, 1.807) is 12.1 Å². The van der Waals surface area contributed by atoms with Gasteiger partial charge in [-0.2, -0.15) is 21.6 Å². The molecule has 22 heavy (non-hydrogen) atoms. The molecule has 0 fully saturated rings. The van der Waals surface area contributed by atoms with Crippen LogP contribution in [0, 0.1) is 0 Å². The fourth-order valence-electron chi connectivity index (χ4n) is 2.03. The van der Waals surface area contributed by atoms with Gasteiger partial charge in [0.25, 0.3) is 0 Å².